The first kappa shape index (κ1) is 12.2. The van der Waals surface area contributed by atoms with Crippen LogP contribution in [0.2, 0.25) is 0 Å². The highest BCUT2D eigenvalue weighted by molar-refractivity contribution is 5.21. The van der Waals surface area contributed by atoms with Crippen molar-refractivity contribution in [1.82, 2.24) is 0 Å². The van der Waals surface area contributed by atoms with Crippen LogP contribution >= 0.6 is 0 Å². The Hall–Kier alpha value is -0.860. The standard InChI is InChI=1S/C13H20O2/c1-4-15-11(3)13(14)9-12-7-5-10(2)6-8-12/h5-8,11,13-14H,4,9H2,1-3H3. The highest BCUT2D eigenvalue weighted by Crippen LogP contribution is 2.09. The summed E-state index contributed by atoms with van der Waals surface area (Å²) < 4.78 is 5.35. The van der Waals surface area contributed by atoms with E-state index in [0.29, 0.717) is 13.0 Å². The van der Waals surface area contributed by atoms with E-state index in [1.165, 1.54) is 5.56 Å². The summed E-state index contributed by atoms with van der Waals surface area (Å²) in [4.78, 5) is 0. The Bertz CT molecular complexity index is 279. The van der Waals surface area contributed by atoms with Crippen molar-refractivity contribution in [1.29, 1.82) is 0 Å². The summed E-state index contributed by atoms with van der Waals surface area (Å²) in [6.07, 6.45) is 0.130. The third-order valence-corrected chi connectivity index (χ3v) is 2.54. The highest BCUT2D eigenvalue weighted by Gasteiger charge is 2.14. The number of rotatable bonds is 5. The van der Waals surface area contributed by atoms with Crippen LogP contribution in [0.25, 0.3) is 0 Å². The maximum atomic E-state index is 9.85. The van der Waals surface area contributed by atoms with Gasteiger partial charge in [-0.1, -0.05) is 29.8 Å². The Kier molecular flexibility index (Phi) is 4.79. The number of hydrogen-bond acceptors (Lipinski definition) is 2. The summed E-state index contributed by atoms with van der Waals surface area (Å²) in [6.45, 7) is 6.55. The second kappa shape index (κ2) is 5.89. The van der Waals surface area contributed by atoms with Gasteiger partial charge in [0, 0.05) is 13.0 Å². The first-order chi connectivity index (χ1) is 7.13. The Morgan fingerprint density at radius 2 is 1.87 bits per heavy atom. The van der Waals surface area contributed by atoms with Crippen molar-refractivity contribution in [3.05, 3.63) is 35.4 Å². The summed E-state index contributed by atoms with van der Waals surface area (Å²) in [5.74, 6) is 0. The normalized spacial score (nSPS) is 14.9. The van der Waals surface area contributed by atoms with Gasteiger partial charge in [0.1, 0.15) is 0 Å². The first-order valence-electron chi connectivity index (χ1n) is 5.48. The van der Waals surface area contributed by atoms with Crippen molar-refractivity contribution in [2.45, 2.75) is 39.4 Å². The lowest BCUT2D eigenvalue weighted by molar-refractivity contribution is -0.0208. The smallest absolute Gasteiger partial charge is 0.0839 e. The first-order valence-corrected chi connectivity index (χ1v) is 5.48. The molecule has 15 heavy (non-hydrogen) atoms. The van der Waals surface area contributed by atoms with Crippen molar-refractivity contribution in [3.8, 4) is 0 Å². The van der Waals surface area contributed by atoms with E-state index in [-0.39, 0.29) is 6.10 Å². The predicted octanol–water partition coefficient (Wildman–Crippen LogP) is 2.32. The molecular weight excluding hydrogens is 188 g/mol. The monoisotopic (exact) mass is 208 g/mol. The molecule has 0 aromatic heterocycles. The van der Waals surface area contributed by atoms with Gasteiger partial charge in [0.25, 0.3) is 0 Å². The number of hydrogen-bond donors (Lipinski definition) is 1. The van der Waals surface area contributed by atoms with Crippen LogP contribution in [0.1, 0.15) is 25.0 Å². The maximum absolute atomic E-state index is 9.85. The minimum absolute atomic E-state index is 0.101. The van der Waals surface area contributed by atoms with Crippen molar-refractivity contribution in [3.63, 3.8) is 0 Å². The van der Waals surface area contributed by atoms with Gasteiger partial charge in [-0.05, 0) is 26.3 Å². The van der Waals surface area contributed by atoms with Crippen LogP contribution < -0.4 is 0 Å². The van der Waals surface area contributed by atoms with Crippen LogP contribution in [0.3, 0.4) is 0 Å². The summed E-state index contributed by atoms with van der Waals surface area (Å²) in [6, 6.07) is 8.23. The van der Waals surface area contributed by atoms with E-state index in [1.54, 1.807) is 0 Å². The lowest BCUT2D eigenvalue weighted by Crippen LogP contribution is -2.28. The minimum atomic E-state index is -0.423. The second-order valence-electron chi connectivity index (χ2n) is 3.92. The van der Waals surface area contributed by atoms with Crippen LogP contribution in [0.5, 0.6) is 0 Å². The van der Waals surface area contributed by atoms with Gasteiger partial charge < -0.3 is 9.84 Å². The van der Waals surface area contributed by atoms with Crippen molar-refractivity contribution >= 4 is 0 Å². The Morgan fingerprint density at radius 3 is 2.40 bits per heavy atom. The molecule has 2 atom stereocenters. The molecule has 0 bridgehead atoms. The van der Waals surface area contributed by atoms with Gasteiger partial charge in [-0.3, -0.25) is 0 Å². The Morgan fingerprint density at radius 1 is 1.27 bits per heavy atom. The number of aliphatic hydroxyl groups excluding tert-OH is 1. The number of aryl methyl sites for hydroxylation is 1. The fourth-order valence-electron chi connectivity index (χ4n) is 1.51. The average Bonchev–Trinajstić information content (AvgIpc) is 2.22. The van der Waals surface area contributed by atoms with E-state index in [2.05, 4.69) is 31.2 Å². The lowest BCUT2D eigenvalue weighted by atomic mass is 10.0. The molecule has 0 aliphatic rings. The van der Waals surface area contributed by atoms with Crippen molar-refractivity contribution in [2.24, 2.45) is 0 Å². The molecule has 0 spiro atoms. The molecule has 1 aromatic rings. The molecule has 0 aliphatic carbocycles. The van der Waals surface area contributed by atoms with Crippen LogP contribution in [0, 0.1) is 6.92 Å². The van der Waals surface area contributed by atoms with Gasteiger partial charge in [-0.15, -0.1) is 0 Å². The van der Waals surface area contributed by atoms with Crippen LogP contribution in [0.4, 0.5) is 0 Å². The average molecular weight is 208 g/mol. The summed E-state index contributed by atoms with van der Waals surface area (Å²) in [5, 5.41) is 9.85. The molecule has 1 N–H and O–H groups in total. The molecule has 1 aromatic carbocycles. The zero-order valence-electron chi connectivity index (χ0n) is 9.73. The van der Waals surface area contributed by atoms with Crippen molar-refractivity contribution < 1.29 is 9.84 Å². The van der Waals surface area contributed by atoms with E-state index < -0.39 is 6.10 Å². The molecule has 0 fully saturated rings. The zero-order chi connectivity index (χ0) is 11.3. The van der Waals surface area contributed by atoms with E-state index in [4.69, 9.17) is 4.74 Å². The number of ether oxygens (including phenoxy) is 1. The zero-order valence-corrected chi connectivity index (χ0v) is 9.73. The topological polar surface area (TPSA) is 29.5 Å². The maximum Gasteiger partial charge on any atom is 0.0839 e. The van der Waals surface area contributed by atoms with Gasteiger partial charge in [-0.2, -0.15) is 0 Å². The van der Waals surface area contributed by atoms with Crippen LogP contribution in [-0.4, -0.2) is 23.9 Å². The second-order valence-corrected chi connectivity index (χ2v) is 3.92. The third-order valence-electron chi connectivity index (χ3n) is 2.54. The Labute approximate surface area is 91.9 Å². The minimum Gasteiger partial charge on any atom is -0.390 e. The summed E-state index contributed by atoms with van der Waals surface area (Å²) >= 11 is 0. The van der Waals surface area contributed by atoms with Gasteiger partial charge in [0.05, 0.1) is 12.2 Å². The molecule has 2 heteroatoms. The van der Waals surface area contributed by atoms with Crippen LogP contribution in [-0.2, 0) is 11.2 Å². The third kappa shape index (κ3) is 4.02. The summed E-state index contributed by atoms with van der Waals surface area (Å²) in [5.41, 5.74) is 2.39. The fourth-order valence-corrected chi connectivity index (χ4v) is 1.51. The van der Waals surface area contributed by atoms with E-state index in [9.17, 15) is 5.11 Å². The molecular formula is C13H20O2. The molecule has 2 unspecified atom stereocenters. The predicted molar refractivity (Wildman–Crippen MR) is 62.0 cm³/mol. The van der Waals surface area contributed by atoms with Crippen LogP contribution in [0.15, 0.2) is 24.3 Å². The van der Waals surface area contributed by atoms with Crippen molar-refractivity contribution in [2.75, 3.05) is 6.61 Å². The largest absolute Gasteiger partial charge is 0.390 e. The quantitative estimate of drug-likeness (QED) is 0.804. The number of aliphatic hydroxyl groups is 1. The highest BCUT2D eigenvalue weighted by atomic mass is 16.5. The van der Waals surface area contributed by atoms with E-state index in [0.717, 1.165) is 5.56 Å². The molecule has 84 valence electrons. The molecule has 0 saturated heterocycles. The van der Waals surface area contributed by atoms with E-state index in [1.807, 2.05) is 13.8 Å². The molecule has 2 nitrogen and oxygen atoms in total. The SMILES string of the molecule is CCOC(C)C(O)Cc1ccc(C)cc1. The van der Waals surface area contributed by atoms with Gasteiger partial charge >= 0.3 is 0 Å². The molecule has 0 radical (unpaired) electrons. The number of benzene rings is 1. The van der Waals surface area contributed by atoms with Gasteiger partial charge in [0.15, 0.2) is 0 Å². The molecule has 0 amide bonds. The van der Waals surface area contributed by atoms with E-state index >= 15 is 0 Å². The lowest BCUT2D eigenvalue weighted by Gasteiger charge is -2.18. The molecule has 1 rings (SSSR count). The summed E-state index contributed by atoms with van der Waals surface area (Å²) in [7, 11) is 0. The van der Waals surface area contributed by atoms with Gasteiger partial charge in [-0.25, -0.2) is 0 Å². The fraction of sp³-hybridized carbons (Fsp3) is 0.538. The van der Waals surface area contributed by atoms with Gasteiger partial charge in [0.2, 0.25) is 0 Å². The Balaban J connectivity index is 2.50. The molecule has 0 saturated carbocycles. The molecule has 0 aliphatic heterocycles. The molecule has 0 heterocycles.